The van der Waals surface area contributed by atoms with E-state index >= 15 is 0 Å². The van der Waals surface area contributed by atoms with Gasteiger partial charge in [-0.3, -0.25) is 14.8 Å². The fourth-order valence-corrected chi connectivity index (χ4v) is 2.41. The molecule has 0 fully saturated rings. The largest absolute Gasteiger partial charge is 0.493 e. The standard InChI is InChI=1S/C18H25N3O9/c1-29-13-5-3-11(9-14(13)30-2)7-8-19-18(27)21(28)10-15(22)20-12(17(25)26)4-6-16(23)24/h3,5,9,12,28H,4,6-8,10H2,1-2H3,(H,19,27)(H,20,22)(H,23,24)(H,25,26). The highest BCUT2D eigenvalue weighted by atomic mass is 16.5. The minimum Gasteiger partial charge on any atom is -0.493 e. The molecule has 0 spiro atoms. The topological polar surface area (TPSA) is 175 Å². The molecule has 0 saturated heterocycles. The predicted molar refractivity (Wildman–Crippen MR) is 102 cm³/mol. The number of carboxylic acid groups (broad SMARTS) is 2. The molecule has 0 aliphatic heterocycles. The monoisotopic (exact) mass is 427 g/mol. The van der Waals surface area contributed by atoms with Crippen LogP contribution in [0.4, 0.5) is 4.79 Å². The Morgan fingerprint density at radius 1 is 1.10 bits per heavy atom. The van der Waals surface area contributed by atoms with Crippen molar-refractivity contribution in [3.63, 3.8) is 0 Å². The van der Waals surface area contributed by atoms with Gasteiger partial charge < -0.3 is 30.3 Å². The third-order valence-corrected chi connectivity index (χ3v) is 3.95. The van der Waals surface area contributed by atoms with Gasteiger partial charge >= 0.3 is 18.0 Å². The van der Waals surface area contributed by atoms with E-state index in [1.54, 1.807) is 18.2 Å². The van der Waals surface area contributed by atoms with Gasteiger partial charge in [-0.2, -0.15) is 5.06 Å². The Hall–Kier alpha value is -3.54. The van der Waals surface area contributed by atoms with Gasteiger partial charge in [0.15, 0.2) is 11.5 Å². The third-order valence-electron chi connectivity index (χ3n) is 3.95. The van der Waals surface area contributed by atoms with Crippen LogP contribution in [0.3, 0.4) is 0 Å². The predicted octanol–water partition coefficient (Wildman–Crippen LogP) is 0.0813. The molecule has 166 valence electrons. The van der Waals surface area contributed by atoms with Gasteiger partial charge in [-0.15, -0.1) is 0 Å². The molecule has 0 aliphatic rings. The summed E-state index contributed by atoms with van der Waals surface area (Å²) in [6.07, 6.45) is -0.390. The molecule has 1 aromatic rings. The number of amides is 3. The van der Waals surface area contributed by atoms with Crippen molar-refractivity contribution >= 4 is 23.9 Å². The number of carboxylic acids is 2. The van der Waals surface area contributed by atoms with E-state index in [2.05, 4.69) is 10.6 Å². The highest BCUT2D eigenvalue weighted by Crippen LogP contribution is 2.27. The van der Waals surface area contributed by atoms with Crippen molar-refractivity contribution in [1.29, 1.82) is 0 Å². The van der Waals surface area contributed by atoms with Gasteiger partial charge in [0.1, 0.15) is 12.6 Å². The van der Waals surface area contributed by atoms with E-state index < -0.39 is 42.9 Å². The lowest BCUT2D eigenvalue weighted by Gasteiger charge is -2.18. The summed E-state index contributed by atoms with van der Waals surface area (Å²) in [5.74, 6) is -2.51. The summed E-state index contributed by atoms with van der Waals surface area (Å²) in [5.41, 5.74) is 0.831. The van der Waals surface area contributed by atoms with Gasteiger partial charge in [-0.1, -0.05) is 6.07 Å². The van der Waals surface area contributed by atoms with Crippen molar-refractivity contribution in [2.75, 3.05) is 27.3 Å². The molecular weight excluding hydrogens is 402 g/mol. The molecule has 12 heteroatoms. The van der Waals surface area contributed by atoms with Crippen LogP contribution in [-0.2, 0) is 20.8 Å². The minimum atomic E-state index is -1.45. The first-order chi connectivity index (χ1) is 14.2. The summed E-state index contributed by atoms with van der Waals surface area (Å²) in [4.78, 5) is 45.3. The van der Waals surface area contributed by atoms with Crippen LogP contribution >= 0.6 is 0 Å². The molecule has 3 amide bonds. The number of hydroxylamine groups is 2. The zero-order valence-corrected chi connectivity index (χ0v) is 16.6. The molecule has 1 unspecified atom stereocenters. The number of aliphatic carboxylic acids is 2. The van der Waals surface area contributed by atoms with Crippen molar-refractivity contribution in [3.05, 3.63) is 23.8 Å². The average molecular weight is 427 g/mol. The molecule has 1 rings (SSSR count). The molecule has 0 heterocycles. The first-order valence-electron chi connectivity index (χ1n) is 8.87. The average Bonchev–Trinajstić information content (AvgIpc) is 2.70. The molecule has 0 radical (unpaired) electrons. The molecule has 30 heavy (non-hydrogen) atoms. The normalized spacial score (nSPS) is 11.2. The molecule has 5 N–H and O–H groups in total. The number of methoxy groups -OCH3 is 2. The Bertz CT molecular complexity index is 769. The SMILES string of the molecule is COc1ccc(CCNC(=O)N(O)CC(=O)NC(CCC(=O)O)C(=O)O)cc1OC. The lowest BCUT2D eigenvalue weighted by Crippen LogP contribution is -2.48. The summed E-state index contributed by atoms with van der Waals surface area (Å²) in [6.45, 7) is -0.678. The number of carbonyl (C=O) groups excluding carboxylic acids is 2. The molecule has 1 aromatic carbocycles. The number of urea groups is 1. The highest BCUT2D eigenvalue weighted by molar-refractivity contribution is 5.87. The Balaban J connectivity index is 2.47. The zero-order valence-electron chi connectivity index (χ0n) is 16.6. The van der Waals surface area contributed by atoms with Crippen LogP contribution in [0.25, 0.3) is 0 Å². The number of carbonyl (C=O) groups is 4. The van der Waals surface area contributed by atoms with Gasteiger partial charge in [0, 0.05) is 13.0 Å². The summed E-state index contributed by atoms with van der Waals surface area (Å²) in [6, 6.07) is 2.82. The molecule has 0 bridgehead atoms. The first-order valence-corrected chi connectivity index (χ1v) is 8.87. The Morgan fingerprint density at radius 2 is 1.77 bits per heavy atom. The number of nitrogens with one attached hydrogen (secondary N) is 2. The highest BCUT2D eigenvalue weighted by Gasteiger charge is 2.23. The summed E-state index contributed by atoms with van der Waals surface area (Å²) in [7, 11) is 3.00. The van der Waals surface area contributed by atoms with Gasteiger partial charge in [-0.05, 0) is 30.5 Å². The molecule has 0 aromatic heterocycles. The van der Waals surface area contributed by atoms with Crippen molar-refractivity contribution in [2.45, 2.75) is 25.3 Å². The molecule has 0 saturated carbocycles. The van der Waals surface area contributed by atoms with Crippen molar-refractivity contribution in [2.24, 2.45) is 0 Å². The van der Waals surface area contributed by atoms with Crippen LogP contribution in [0.15, 0.2) is 18.2 Å². The van der Waals surface area contributed by atoms with E-state index in [0.717, 1.165) is 5.56 Å². The Labute approximate surface area is 172 Å². The quantitative estimate of drug-likeness (QED) is 0.228. The first kappa shape index (κ1) is 24.5. The van der Waals surface area contributed by atoms with Crippen LogP contribution in [0.5, 0.6) is 11.5 Å². The number of rotatable bonds is 12. The summed E-state index contributed by atoms with van der Waals surface area (Å²) >= 11 is 0. The fraction of sp³-hybridized carbons (Fsp3) is 0.444. The second kappa shape index (κ2) is 12.1. The third kappa shape index (κ3) is 8.22. The van der Waals surface area contributed by atoms with E-state index in [1.807, 2.05) is 0 Å². The summed E-state index contributed by atoms with van der Waals surface area (Å²) in [5, 5.41) is 31.8. The van der Waals surface area contributed by atoms with Gasteiger partial charge in [-0.25, -0.2) is 9.59 Å². The van der Waals surface area contributed by atoms with Crippen LogP contribution in [0, 0.1) is 0 Å². The van der Waals surface area contributed by atoms with Crippen LogP contribution < -0.4 is 20.1 Å². The lowest BCUT2D eigenvalue weighted by molar-refractivity contribution is -0.144. The van der Waals surface area contributed by atoms with E-state index in [1.165, 1.54) is 14.2 Å². The number of hydrogen-bond donors (Lipinski definition) is 5. The minimum absolute atomic E-state index is 0.0973. The van der Waals surface area contributed by atoms with Gasteiger partial charge in [0.2, 0.25) is 5.91 Å². The maximum atomic E-state index is 11.9. The van der Waals surface area contributed by atoms with E-state index in [0.29, 0.717) is 17.9 Å². The van der Waals surface area contributed by atoms with Gasteiger partial charge in [0.25, 0.3) is 0 Å². The maximum Gasteiger partial charge on any atom is 0.341 e. The smallest absolute Gasteiger partial charge is 0.341 e. The molecule has 1 atom stereocenters. The maximum absolute atomic E-state index is 11.9. The van der Waals surface area contributed by atoms with E-state index in [9.17, 15) is 24.4 Å². The van der Waals surface area contributed by atoms with Crippen LogP contribution in [0.2, 0.25) is 0 Å². The zero-order chi connectivity index (χ0) is 22.7. The van der Waals surface area contributed by atoms with E-state index in [4.69, 9.17) is 19.7 Å². The van der Waals surface area contributed by atoms with Gasteiger partial charge in [0.05, 0.1) is 14.2 Å². The summed E-state index contributed by atoms with van der Waals surface area (Å²) < 4.78 is 10.3. The molecule has 12 nitrogen and oxygen atoms in total. The molecular formula is C18H25N3O9. The van der Waals surface area contributed by atoms with Crippen molar-refractivity contribution in [1.82, 2.24) is 15.7 Å². The number of ether oxygens (including phenoxy) is 2. The molecule has 0 aliphatic carbocycles. The van der Waals surface area contributed by atoms with Crippen molar-refractivity contribution in [3.8, 4) is 11.5 Å². The number of benzene rings is 1. The Kier molecular flexibility index (Phi) is 9.89. The van der Waals surface area contributed by atoms with E-state index in [-0.39, 0.29) is 18.0 Å². The Morgan fingerprint density at radius 3 is 2.33 bits per heavy atom. The second-order valence-electron chi connectivity index (χ2n) is 6.12. The lowest BCUT2D eigenvalue weighted by atomic mass is 10.1. The van der Waals surface area contributed by atoms with Crippen molar-refractivity contribution < 1.29 is 44.1 Å². The number of nitrogens with zero attached hydrogens (tertiary/aromatic N) is 1. The van der Waals surface area contributed by atoms with Crippen LogP contribution in [0.1, 0.15) is 18.4 Å². The fourth-order valence-electron chi connectivity index (χ4n) is 2.41. The number of hydrogen-bond acceptors (Lipinski definition) is 7. The van der Waals surface area contributed by atoms with Crippen LogP contribution in [-0.4, -0.2) is 77.7 Å². The second-order valence-corrected chi connectivity index (χ2v) is 6.12.